The molecular formula is C13H17FN4. The Morgan fingerprint density at radius 1 is 1.22 bits per heavy atom. The van der Waals surface area contributed by atoms with Crippen LogP contribution in [0.1, 0.15) is 12.8 Å². The molecule has 0 aromatic heterocycles. The lowest BCUT2D eigenvalue weighted by Crippen LogP contribution is -2.57. The molecule has 4 nitrogen and oxygen atoms in total. The monoisotopic (exact) mass is 248 g/mol. The first kappa shape index (κ1) is 11.5. The molecule has 0 unspecified atom stereocenters. The number of piperidine rings is 1. The normalized spacial score (nSPS) is 22.3. The molecule has 5 heteroatoms. The maximum Gasteiger partial charge on any atom is 0.196 e. The van der Waals surface area contributed by atoms with E-state index in [4.69, 9.17) is 5.73 Å². The summed E-state index contributed by atoms with van der Waals surface area (Å²) < 4.78 is 13.0. The number of anilines is 1. The van der Waals surface area contributed by atoms with Crippen LogP contribution in [0, 0.1) is 5.82 Å². The molecular weight excluding hydrogens is 231 g/mol. The second kappa shape index (κ2) is 4.24. The molecule has 18 heavy (non-hydrogen) atoms. The summed E-state index contributed by atoms with van der Waals surface area (Å²) in [6.45, 7) is 2.68. The van der Waals surface area contributed by atoms with Gasteiger partial charge in [-0.25, -0.2) is 4.39 Å². The number of guanidine groups is 1. The minimum Gasteiger partial charge on any atom is -0.369 e. The molecule has 0 atom stereocenters. The fourth-order valence-electron chi connectivity index (χ4n) is 2.88. The van der Waals surface area contributed by atoms with Gasteiger partial charge in [0.2, 0.25) is 0 Å². The summed E-state index contributed by atoms with van der Waals surface area (Å²) in [6.07, 6.45) is 2.02. The van der Waals surface area contributed by atoms with Crippen LogP contribution in [0.15, 0.2) is 29.3 Å². The van der Waals surface area contributed by atoms with Crippen molar-refractivity contribution in [3.05, 3.63) is 30.1 Å². The van der Waals surface area contributed by atoms with Gasteiger partial charge in [-0.2, -0.15) is 0 Å². The van der Waals surface area contributed by atoms with E-state index in [0.717, 1.165) is 38.2 Å². The zero-order valence-electron chi connectivity index (χ0n) is 10.2. The van der Waals surface area contributed by atoms with Gasteiger partial charge in [0.25, 0.3) is 0 Å². The molecule has 0 bridgehead atoms. The summed E-state index contributed by atoms with van der Waals surface area (Å²) in [6, 6.07) is 6.48. The Balaban J connectivity index is 1.96. The number of nitrogens with one attached hydrogen (secondary N) is 1. The Labute approximate surface area is 106 Å². The summed E-state index contributed by atoms with van der Waals surface area (Å²) in [5.41, 5.74) is 6.92. The van der Waals surface area contributed by atoms with Gasteiger partial charge in [0.1, 0.15) is 5.82 Å². The lowest BCUT2D eigenvalue weighted by atomic mass is 9.87. The van der Waals surface area contributed by atoms with E-state index < -0.39 is 0 Å². The van der Waals surface area contributed by atoms with Gasteiger partial charge in [0.05, 0.1) is 12.1 Å². The lowest BCUT2D eigenvalue weighted by molar-refractivity contribution is 0.332. The van der Waals surface area contributed by atoms with E-state index in [1.807, 2.05) is 0 Å². The second-order valence-electron chi connectivity index (χ2n) is 4.96. The number of aliphatic imine (C=N–C) groups is 1. The van der Waals surface area contributed by atoms with Crippen molar-refractivity contribution in [1.29, 1.82) is 0 Å². The van der Waals surface area contributed by atoms with Crippen LogP contribution in [-0.2, 0) is 0 Å². The topological polar surface area (TPSA) is 53.6 Å². The molecule has 0 radical (unpaired) electrons. The Morgan fingerprint density at radius 3 is 2.56 bits per heavy atom. The maximum absolute atomic E-state index is 13.0. The van der Waals surface area contributed by atoms with Gasteiger partial charge in [-0.3, -0.25) is 4.99 Å². The fourth-order valence-corrected chi connectivity index (χ4v) is 2.88. The number of nitrogens with zero attached hydrogens (tertiary/aromatic N) is 2. The SMILES string of the molecule is NC1=NCC2(CCNCC2)N1c1ccc(F)cc1. The second-order valence-corrected chi connectivity index (χ2v) is 4.96. The van der Waals surface area contributed by atoms with Crippen LogP contribution in [0.3, 0.4) is 0 Å². The summed E-state index contributed by atoms with van der Waals surface area (Å²) >= 11 is 0. The van der Waals surface area contributed by atoms with Crippen molar-refractivity contribution in [3.63, 3.8) is 0 Å². The molecule has 1 aromatic carbocycles. The average molecular weight is 248 g/mol. The first-order valence-corrected chi connectivity index (χ1v) is 6.28. The van der Waals surface area contributed by atoms with Gasteiger partial charge >= 0.3 is 0 Å². The molecule has 1 aromatic rings. The number of benzene rings is 1. The third kappa shape index (κ3) is 1.75. The van der Waals surface area contributed by atoms with Gasteiger partial charge in [-0.15, -0.1) is 0 Å². The quantitative estimate of drug-likeness (QED) is 0.782. The van der Waals surface area contributed by atoms with Crippen molar-refractivity contribution < 1.29 is 4.39 Å². The third-order valence-corrected chi connectivity index (χ3v) is 3.86. The predicted octanol–water partition coefficient (Wildman–Crippen LogP) is 1.08. The van der Waals surface area contributed by atoms with Crippen LogP contribution in [0.2, 0.25) is 0 Å². The van der Waals surface area contributed by atoms with Crippen molar-refractivity contribution in [3.8, 4) is 0 Å². The first-order valence-electron chi connectivity index (χ1n) is 6.28. The minimum absolute atomic E-state index is 0.0207. The standard InChI is InChI=1S/C13H17FN4/c14-10-1-3-11(4-2-10)18-12(15)17-9-13(18)5-7-16-8-6-13/h1-4,16H,5-9H2,(H2,15,17). The van der Waals surface area contributed by atoms with Crippen molar-refractivity contribution in [2.75, 3.05) is 24.5 Å². The Kier molecular flexibility index (Phi) is 2.70. The van der Waals surface area contributed by atoms with E-state index in [2.05, 4.69) is 15.2 Å². The summed E-state index contributed by atoms with van der Waals surface area (Å²) in [7, 11) is 0. The van der Waals surface area contributed by atoms with Crippen LogP contribution < -0.4 is 16.0 Å². The summed E-state index contributed by atoms with van der Waals surface area (Å²) in [5, 5.41) is 3.35. The van der Waals surface area contributed by atoms with E-state index in [9.17, 15) is 4.39 Å². The molecule has 3 N–H and O–H groups in total. The molecule has 2 aliphatic heterocycles. The highest BCUT2D eigenvalue weighted by molar-refractivity contribution is 5.98. The Bertz CT molecular complexity index is 462. The van der Waals surface area contributed by atoms with Crippen LogP contribution in [0.4, 0.5) is 10.1 Å². The molecule has 0 aliphatic carbocycles. The molecule has 0 saturated carbocycles. The van der Waals surface area contributed by atoms with E-state index in [1.165, 1.54) is 12.1 Å². The number of nitrogens with two attached hydrogens (primary N) is 1. The highest BCUT2D eigenvalue weighted by Crippen LogP contribution is 2.35. The van der Waals surface area contributed by atoms with Crippen LogP contribution >= 0.6 is 0 Å². The van der Waals surface area contributed by atoms with Gasteiger partial charge < -0.3 is 16.0 Å². The lowest BCUT2D eigenvalue weighted by Gasteiger charge is -2.42. The van der Waals surface area contributed by atoms with E-state index in [1.54, 1.807) is 12.1 Å². The van der Waals surface area contributed by atoms with Gasteiger partial charge in [-0.05, 0) is 50.2 Å². The van der Waals surface area contributed by atoms with Gasteiger partial charge in [0, 0.05) is 5.69 Å². The van der Waals surface area contributed by atoms with Crippen molar-refractivity contribution in [2.24, 2.45) is 10.7 Å². The molecule has 2 heterocycles. The third-order valence-electron chi connectivity index (χ3n) is 3.86. The van der Waals surface area contributed by atoms with E-state index in [0.29, 0.717) is 5.96 Å². The number of hydrogen-bond donors (Lipinski definition) is 2. The Morgan fingerprint density at radius 2 is 1.89 bits per heavy atom. The molecule has 96 valence electrons. The zero-order chi connectivity index (χ0) is 12.6. The smallest absolute Gasteiger partial charge is 0.196 e. The Hall–Kier alpha value is -1.62. The predicted molar refractivity (Wildman–Crippen MR) is 70.2 cm³/mol. The van der Waals surface area contributed by atoms with E-state index in [-0.39, 0.29) is 11.4 Å². The molecule has 1 fully saturated rings. The first-order chi connectivity index (χ1) is 8.71. The molecule has 3 rings (SSSR count). The van der Waals surface area contributed by atoms with Gasteiger partial charge in [0.15, 0.2) is 5.96 Å². The number of hydrogen-bond acceptors (Lipinski definition) is 4. The van der Waals surface area contributed by atoms with Crippen LogP contribution in [0.5, 0.6) is 0 Å². The molecule has 1 saturated heterocycles. The zero-order valence-corrected chi connectivity index (χ0v) is 10.2. The summed E-state index contributed by atoms with van der Waals surface area (Å²) in [4.78, 5) is 6.47. The largest absolute Gasteiger partial charge is 0.369 e. The number of halogens is 1. The highest BCUT2D eigenvalue weighted by Gasteiger charge is 2.43. The van der Waals surface area contributed by atoms with Crippen molar-refractivity contribution in [2.45, 2.75) is 18.4 Å². The van der Waals surface area contributed by atoms with Gasteiger partial charge in [-0.1, -0.05) is 0 Å². The summed E-state index contributed by atoms with van der Waals surface area (Å²) in [5.74, 6) is 0.316. The molecule has 2 aliphatic rings. The number of rotatable bonds is 1. The highest BCUT2D eigenvalue weighted by atomic mass is 19.1. The van der Waals surface area contributed by atoms with Crippen LogP contribution in [-0.4, -0.2) is 31.1 Å². The van der Waals surface area contributed by atoms with E-state index >= 15 is 0 Å². The minimum atomic E-state index is -0.229. The molecule has 0 amide bonds. The van der Waals surface area contributed by atoms with Crippen LogP contribution in [0.25, 0.3) is 0 Å². The fraction of sp³-hybridized carbons (Fsp3) is 0.462. The van der Waals surface area contributed by atoms with Crippen molar-refractivity contribution in [1.82, 2.24) is 5.32 Å². The molecule has 1 spiro atoms. The maximum atomic E-state index is 13.0. The average Bonchev–Trinajstić information content (AvgIpc) is 2.69. The van der Waals surface area contributed by atoms with Crippen molar-refractivity contribution >= 4 is 11.6 Å².